The first-order valence-electron chi connectivity index (χ1n) is 14.2. The van der Waals surface area contributed by atoms with E-state index in [1.807, 2.05) is 37.3 Å². The predicted molar refractivity (Wildman–Crippen MR) is 173 cm³/mol. The Balaban J connectivity index is 1.91. The fourth-order valence-corrected chi connectivity index (χ4v) is 6.16. The summed E-state index contributed by atoms with van der Waals surface area (Å²) >= 11 is 13.0. The number of hydrogen-bond donors (Lipinski definition) is 1. The molecule has 2 amide bonds. The van der Waals surface area contributed by atoms with Crippen molar-refractivity contribution < 1.29 is 22.7 Å². The molecule has 0 fully saturated rings. The minimum atomic E-state index is -3.65. The fourth-order valence-electron chi connectivity index (χ4n) is 4.68. The molecule has 8 nitrogen and oxygen atoms in total. The van der Waals surface area contributed by atoms with Crippen LogP contribution in [-0.4, -0.2) is 57.6 Å². The van der Waals surface area contributed by atoms with Crippen molar-refractivity contribution in [3.05, 3.63) is 94.0 Å². The third kappa shape index (κ3) is 10.2. The maximum absolute atomic E-state index is 14.0. The summed E-state index contributed by atoms with van der Waals surface area (Å²) < 4.78 is 31.9. The van der Waals surface area contributed by atoms with E-state index in [4.69, 9.17) is 27.9 Å². The minimum Gasteiger partial charge on any atom is -0.497 e. The SMILES string of the molecule is CCCCNC(=O)C(Cc1ccccc1)N(Cc1c(Cl)cccc1Cl)C(=O)CCCN(c1cccc(OC)c1)S(C)(=O)=O. The summed E-state index contributed by atoms with van der Waals surface area (Å²) in [4.78, 5) is 29.1. The van der Waals surface area contributed by atoms with Crippen LogP contribution in [0.3, 0.4) is 0 Å². The van der Waals surface area contributed by atoms with Crippen LogP contribution in [0.1, 0.15) is 43.7 Å². The van der Waals surface area contributed by atoms with Crippen molar-refractivity contribution in [2.24, 2.45) is 0 Å². The normalized spacial score (nSPS) is 11.9. The van der Waals surface area contributed by atoms with Gasteiger partial charge in [-0.3, -0.25) is 13.9 Å². The minimum absolute atomic E-state index is 0.00834. The number of benzene rings is 3. The van der Waals surface area contributed by atoms with E-state index >= 15 is 0 Å². The summed E-state index contributed by atoms with van der Waals surface area (Å²) in [5, 5.41) is 3.75. The number of anilines is 1. The summed E-state index contributed by atoms with van der Waals surface area (Å²) in [6.07, 6.45) is 3.32. The number of methoxy groups -OCH3 is 1. The van der Waals surface area contributed by atoms with Crippen molar-refractivity contribution in [3.8, 4) is 5.75 Å². The van der Waals surface area contributed by atoms with Crippen LogP contribution in [0.15, 0.2) is 72.8 Å². The molecule has 3 aromatic carbocycles. The van der Waals surface area contributed by atoms with Crippen molar-refractivity contribution >= 4 is 50.7 Å². The first-order chi connectivity index (χ1) is 20.5. The number of halogens is 2. The van der Waals surface area contributed by atoms with Crippen molar-refractivity contribution in [3.63, 3.8) is 0 Å². The van der Waals surface area contributed by atoms with Gasteiger partial charge in [-0.05, 0) is 42.7 Å². The second-order valence-electron chi connectivity index (χ2n) is 10.2. The van der Waals surface area contributed by atoms with Crippen LogP contribution < -0.4 is 14.4 Å². The number of sulfonamides is 1. The number of carbonyl (C=O) groups is 2. The number of unbranched alkanes of at least 4 members (excludes halogenated alkanes) is 1. The van der Waals surface area contributed by atoms with Gasteiger partial charge in [0, 0.05) is 54.2 Å². The standard InChI is InChI=1S/C32H39Cl2N3O5S/c1-4-5-19-35-32(39)30(21-24-12-7-6-8-13-24)36(23-27-28(33)16-10-17-29(27)34)31(38)18-11-20-37(43(3,40)41)25-14-9-15-26(22-25)42-2/h6-10,12-17,22,30H,4-5,11,18-21,23H2,1-3H3,(H,35,39). The van der Waals surface area contributed by atoms with Crippen LogP contribution in [0.4, 0.5) is 5.69 Å². The van der Waals surface area contributed by atoms with E-state index in [0.29, 0.717) is 33.6 Å². The molecule has 0 aliphatic heterocycles. The van der Waals surface area contributed by atoms with Crippen LogP contribution in [-0.2, 0) is 32.6 Å². The van der Waals surface area contributed by atoms with E-state index in [1.165, 1.54) is 16.3 Å². The van der Waals surface area contributed by atoms with Crippen LogP contribution in [0.25, 0.3) is 0 Å². The van der Waals surface area contributed by atoms with E-state index in [9.17, 15) is 18.0 Å². The predicted octanol–water partition coefficient (Wildman–Crippen LogP) is 6.10. The number of hydrogen-bond acceptors (Lipinski definition) is 5. The summed E-state index contributed by atoms with van der Waals surface area (Å²) in [6, 6.07) is 20.5. The molecule has 0 spiro atoms. The number of amides is 2. The van der Waals surface area contributed by atoms with Gasteiger partial charge in [-0.25, -0.2) is 8.42 Å². The third-order valence-electron chi connectivity index (χ3n) is 6.98. The molecule has 3 rings (SSSR count). The molecule has 232 valence electrons. The van der Waals surface area contributed by atoms with Gasteiger partial charge in [-0.1, -0.05) is 79.0 Å². The molecule has 0 aliphatic carbocycles. The highest BCUT2D eigenvalue weighted by atomic mass is 35.5. The van der Waals surface area contributed by atoms with E-state index in [1.54, 1.807) is 42.5 Å². The van der Waals surface area contributed by atoms with Gasteiger partial charge in [0.1, 0.15) is 11.8 Å². The van der Waals surface area contributed by atoms with Crippen molar-refractivity contribution in [1.29, 1.82) is 0 Å². The van der Waals surface area contributed by atoms with Crippen LogP contribution in [0, 0.1) is 0 Å². The Bertz CT molecular complexity index is 1450. The Morgan fingerprint density at radius 2 is 1.63 bits per heavy atom. The summed E-state index contributed by atoms with van der Waals surface area (Å²) in [5.41, 5.74) is 1.86. The van der Waals surface area contributed by atoms with E-state index in [2.05, 4.69) is 5.32 Å². The highest BCUT2D eigenvalue weighted by molar-refractivity contribution is 7.92. The highest BCUT2D eigenvalue weighted by Crippen LogP contribution is 2.28. The largest absolute Gasteiger partial charge is 0.497 e. The van der Waals surface area contributed by atoms with Crippen molar-refractivity contribution in [2.75, 3.05) is 30.8 Å². The molecular weight excluding hydrogens is 609 g/mol. The molecule has 0 saturated heterocycles. The van der Waals surface area contributed by atoms with Crippen molar-refractivity contribution in [1.82, 2.24) is 10.2 Å². The quantitative estimate of drug-likeness (QED) is 0.189. The molecule has 0 saturated carbocycles. The maximum Gasteiger partial charge on any atom is 0.243 e. The Morgan fingerprint density at radius 3 is 2.26 bits per heavy atom. The molecule has 0 radical (unpaired) electrons. The van der Waals surface area contributed by atoms with Gasteiger partial charge in [-0.15, -0.1) is 0 Å². The van der Waals surface area contributed by atoms with E-state index in [-0.39, 0.29) is 44.2 Å². The summed E-state index contributed by atoms with van der Waals surface area (Å²) in [6.45, 7) is 2.60. The lowest BCUT2D eigenvalue weighted by Gasteiger charge is -2.32. The van der Waals surface area contributed by atoms with Gasteiger partial charge in [0.05, 0.1) is 19.1 Å². The van der Waals surface area contributed by atoms with E-state index in [0.717, 1.165) is 24.7 Å². The zero-order valence-corrected chi connectivity index (χ0v) is 27.1. The Labute approximate surface area is 265 Å². The average molecular weight is 649 g/mol. The molecule has 0 bridgehead atoms. The van der Waals surface area contributed by atoms with Crippen molar-refractivity contribution in [2.45, 2.75) is 51.6 Å². The molecule has 11 heteroatoms. The molecule has 43 heavy (non-hydrogen) atoms. The topological polar surface area (TPSA) is 96.0 Å². The van der Waals surface area contributed by atoms with Gasteiger partial charge >= 0.3 is 0 Å². The van der Waals surface area contributed by atoms with Gasteiger partial charge < -0.3 is 15.0 Å². The average Bonchev–Trinajstić information content (AvgIpc) is 2.98. The molecular formula is C32H39Cl2N3O5S. The molecule has 1 unspecified atom stereocenters. The van der Waals surface area contributed by atoms with Gasteiger partial charge in [-0.2, -0.15) is 0 Å². The lowest BCUT2D eigenvalue weighted by Crippen LogP contribution is -2.50. The highest BCUT2D eigenvalue weighted by Gasteiger charge is 2.31. The zero-order valence-electron chi connectivity index (χ0n) is 24.8. The Morgan fingerprint density at radius 1 is 0.953 bits per heavy atom. The zero-order chi connectivity index (χ0) is 31.4. The monoisotopic (exact) mass is 647 g/mol. The lowest BCUT2D eigenvalue weighted by atomic mass is 10.0. The molecule has 0 aromatic heterocycles. The first-order valence-corrected chi connectivity index (χ1v) is 16.8. The Kier molecular flexibility index (Phi) is 13.2. The van der Waals surface area contributed by atoms with Crippen LogP contribution in [0.5, 0.6) is 5.75 Å². The molecule has 0 heterocycles. The molecule has 1 atom stereocenters. The maximum atomic E-state index is 14.0. The van der Waals surface area contributed by atoms with Gasteiger partial charge in [0.2, 0.25) is 21.8 Å². The van der Waals surface area contributed by atoms with Crippen LogP contribution >= 0.6 is 23.2 Å². The number of nitrogens with one attached hydrogen (secondary N) is 1. The number of rotatable bonds is 16. The third-order valence-corrected chi connectivity index (χ3v) is 8.89. The summed E-state index contributed by atoms with van der Waals surface area (Å²) in [5.74, 6) is -0.0764. The summed E-state index contributed by atoms with van der Waals surface area (Å²) in [7, 11) is -2.14. The lowest BCUT2D eigenvalue weighted by molar-refractivity contribution is -0.141. The molecule has 0 aliphatic rings. The first kappa shape index (κ1) is 34.2. The molecule has 3 aromatic rings. The van der Waals surface area contributed by atoms with Crippen LogP contribution in [0.2, 0.25) is 10.0 Å². The second-order valence-corrected chi connectivity index (χ2v) is 12.9. The van der Waals surface area contributed by atoms with Gasteiger partial charge in [0.25, 0.3) is 0 Å². The number of carbonyl (C=O) groups excluding carboxylic acids is 2. The Hall–Kier alpha value is -3.27. The van der Waals surface area contributed by atoms with Gasteiger partial charge in [0.15, 0.2) is 0 Å². The number of nitrogens with zero attached hydrogens (tertiary/aromatic N) is 2. The molecule has 1 N–H and O–H groups in total. The fraction of sp³-hybridized carbons (Fsp3) is 0.375. The smallest absolute Gasteiger partial charge is 0.243 e. The van der Waals surface area contributed by atoms with E-state index < -0.39 is 16.1 Å². The second kappa shape index (κ2) is 16.5. The number of ether oxygens (including phenoxy) is 1.